The Morgan fingerprint density at radius 1 is 0.828 bits per heavy atom. The molecule has 8 nitrogen and oxygen atoms in total. The minimum atomic E-state index is -1.69. The standard InChI is InChI=1S/C21H24O8/c1-26-17(22)12-9-14-21(19(24)27-2,20(25)28-3)13-7-8-15-29-18(23)16-10-5-4-6-11-16/h4-12H,13-15H2,1-3H3/b8-7+,12-9+. The van der Waals surface area contributed by atoms with Crippen molar-refractivity contribution < 1.29 is 38.1 Å². The quantitative estimate of drug-likeness (QED) is 0.192. The Morgan fingerprint density at radius 3 is 1.97 bits per heavy atom. The summed E-state index contributed by atoms with van der Waals surface area (Å²) in [5.74, 6) is -2.75. The molecule has 0 aliphatic heterocycles. The Morgan fingerprint density at radius 2 is 1.41 bits per heavy atom. The van der Waals surface area contributed by atoms with Crippen LogP contribution in [0.1, 0.15) is 23.2 Å². The molecule has 29 heavy (non-hydrogen) atoms. The second kappa shape index (κ2) is 12.1. The molecule has 0 fully saturated rings. The first kappa shape index (κ1) is 23.6. The van der Waals surface area contributed by atoms with Crippen LogP contribution in [0.5, 0.6) is 0 Å². The second-order valence-corrected chi connectivity index (χ2v) is 5.83. The molecule has 0 aliphatic carbocycles. The minimum absolute atomic E-state index is 0.0514. The van der Waals surface area contributed by atoms with Gasteiger partial charge in [-0.1, -0.05) is 36.4 Å². The number of allylic oxidation sites excluding steroid dienone is 2. The number of benzene rings is 1. The van der Waals surface area contributed by atoms with Gasteiger partial charge in [-0.2, -0.15) is 0 Å². The fourth-order valence-electron chi connectivity index (χ4n) is 2.45. The van der Waals surface area contributed by atoms with Crippen LogP contribution in [0.25, 0.3) is 0 Å². The van der Waals surface area contributed by atoms with Crippen LogP contribution in [0.2, 0.25) is 0 Å². The van der Waals surface area contributed by atoms with E-state index in [1.807, 2.05) is 0 Å². The lowest BCUT2D eigenvalue weighted by atomic mass is 9.80. The van der Waals surface area contributed by atoms with Gasteiger partial charge in [-0.25, -0.2) is 9.59 Å². The number of hydrogen-bond acceptors (Lipinski definition) is 8. The molecule has 8 heteroatoms. The van der Waals surface area contributed by atoms with Crippen molar-refractivity contribution in [2.45, 2.75) is 12.8 Å². The number of rotatable bonds is 10. The van der Waals surface area contributed by atoms with E-state index in [2.05, 4.69) is 4.74 Å². The first-order valence-corrected chi connectivity index (χ1v) is 8.69. The van der Waals surface area contributed by atoms with Crippen LogP contribution in [0.4, 0.5) is 0 Å². The summed E-state index contributed by atoms with van der Waals surface area (Å²) in [6.45, 7) is -0.0514. The van der Waals surface area contributed by atoms with Crippen molar-refractivity contribution in [1.82, 2.24) is 0 Å². The number of carbonyl (C=O) groups is 4. The van der Waals surface area contributed by atoms with Crippen molar-refractivity contribution >= 4 is 23.9 Å². The van der Waals surface area contributed by atoms with E-state index in [1.165, 1.54) is 25.3 Å². The lowest BCUT2D eigenvalue weighted by Crippen LogP contribution is -2.40. The third kappa shape index (κ3) is 6.91. The Labute approximate surface area is 169 Å². The van der Waals surface area contributed by atoms with E-state index in [4.69, 9.17) is 14.2 Å². The van der Waals surface area contributed by atoms with Crippen LogP contribution in [0, 0.1) is 5.41 Å². The number of methoxy groups -OCH3 is 3. The monoisotopic (exact) mass is 404 g/mol. The summed E-state index contributed by atoms with van der Waals surface area (Å²) in [6, 6.07) is 8.47. The molecule has 0 aliphatic rings. The molecule has 0 bridgehead atoms. The summed E-state index contributed by atoms with van der Waals surface area (Å²) < 4.78 is 19.1. The fourth-order valence-corrected chi connectivity index (χ4v) is 2.45. The molecule has 0 amide bonds. The van der Waals surface area contributed by atoms with E-state index in [0.29, 0.717) is 5.56 Å². The summed E-state index contributed by atoms with van der Waals surface area (Å²) in [4.78, 5) is 47.8. The third-order valence-electron chi connectivity index (χ3n) is 4.03. The van der Waals surface area contributed by atoms with Crippen molar-refractivity contribution in [3.8, 4) is 0 Å². The van der Waals surface area contributed by atoms with Gasteiger partial charge < -0.3 is 18.9 Å². The van der Waals surface area contributed by atoms with Crippen molar-refractivity contribution in [2.24, 2.45) is 5.41 Å². The van der Waals surface area contributed by atoms with E-state index in [0.717, 1.165) is 20.3 Å². The highest BCUT2D eigenvalue weighted by Crippen LogP contribution is 2.31. The molecule has 0 aromatic heterocycles. The summed E-state index contributed by atoms with van der Waals surface area (Å²) in [5.41, 5.74) is -1.28. The molecule has 0 saturated carbocycles. The fraction of sp³-hybridized carbons (Fsp3) is 0.333. The normalized spacial score (nSPS) is 11.3. The van der Waals surface area contributed by atoms with E-state index >= 15 is 0 Å². The van der Waals surface area contributed by atoms with Gasteiger partial charge in [0.2, 0.25) is 0 Å². The van der Waals surface area contributed by atoms with Crippen LogP contribution in [0.15, 0.2) is 54.6 Å². The van der Waals surface area contributed by atoms with Crippen molar-refractivity contribution in [3.05, 3.63) is 60.2 Å². The molecule has 1 aromatic carbocycles. The first-order chi connectivity index (χ1) is 13.9. The molecule has 0 heterocycles. The molecule has 0 spiro atoms. The van der Waals surface area contributed by atoms with E-state index in [1.54, 1.807) is 30.3 Å². The highest BCUT2D eigenvalue weighted by atomic mass is 16.5. The van der Waals surface area contributed by atoms with Gasteiger partial charge >= 0.3 is 23.9 Å². The summed E-state index contributed by atoms with van der Waals surface area (Å²) in [6.07, 6.45) is 5.23. The zero-order valence-electron chi connectivity index (χ0n) is 16.6. The van der Waals surface area contributed by atoms with Gasteiger partial charge in [-0.15, -0.1) is 0 Å². The molecule has 0 unspecified atom stereocenters. The number of carbonyl (C=O) groups excluding carboxylic acids is 4. The zero-order chi connectivity index (χ0) is 21.7. The molecule has 1 aromatic rings. The van der Waals surface area contributed by atoms with Gasteiger partial charge in [0.15, 0.2) is 5.41 Å². The van der Waals surface area contributed by atoms with Gasteiger partial charge in [0.25, 0.3) is 0 Å². The molecular formula is C21H24O8. The van der Waals surface area contributed by atoms with Crippen molar-refractivity contribution in [3.63, 3.8) is 0 Å². The van der Waals surface area contributed by atoms with Crippen molar-refractivity contribution in [2.75, 3.05) is 27.9 Å². The Kier molecular flexibility index (Phi) is 9.87. The third-order valence-corrected chi connectivity index (χ3v) is 4.03. The number of ether oxygens (including phenoxy) is 4. The first-order valence-electron chi connectivity index (χ1n) is 8.69. The molecule has 156 valence electrons. The van der Waals surface area contributed by atoms with E-state index in [-0.39, 0.29) is 19.4 Å². The van der Waals surface area contributed by atoms with Crippen LogP contribution in [-0.4, -0.2) is 51.8 Å². The minimum Gasteiger partial charge on any atom is -0.468 e. The molecule has 0 N–H and O–H groups in total. The highest BCUT2D eigenvalue weighted by molar-refractivity contribution is 6.00. The van der Waals surface area contributed by atoms with Gasteiger partial charge in [-0.05, 0) is 25.0 Å². The van der Waals surface area contributed by atoms with Crippen molar-refractivity contribution in [1.29, 1.82) is 0 Å². The van der Waals surface area contributed by atoms with E-state index < -0.39 is 29.3 Å². The topological polar surface area (TPSA) is 105 Å². The Bertz CT molecular complexity index is 748. The average molecular weight is 404 g/mol. The van der Waals surface area contributed by atoms with Crippen LogP contribution >= 0.6 is 0 Å². The molecule has 0 atom stereocenters. The smallest absolute Gasteiger partial charge is 0.338 e. The molecular weight excluding hydrogens is 380 g/mol. The predicted molar refractivity (Wildman–Crippen MR) is 103 cm³/mol. The SMILES string of the molecule is COC(=O)/C=C/CC(C/C=C/COC(=O)c1ccccc1)(C(=O)OC)C(=O)OC. The molecule has 0 saturated heterocycles. The molecule has 1 rings (SSSR count). The van der Waals surface area contributed by atoms with E-state index in [9.17, 15) is 19.2 Å². The van der Waals surface area contributed by atoms with Gasteiger partial charge in [-0.3, -0.25) is 9.59 Å². The lowest BCUT2D eigenvalue weighted by Gasteiger charge is -2.25. The maximum absolute atomic E-state index is 12.3. The Balaban J connectivity index is 2.84. The zero-order valence-corrected chi connectivity index (χ0v) is 16.6. The summed E-state index contributed by atoms with van der Waals surface area (Å²) in [7, 11) is 3.50. The average Bonchev–Trinajstić information content (AvgIpc) is 2.76. The van der Waals surface area contributed by atoms with Gasteiger partial charge in [0, 0.05) is 6.08 Å². The summed E-state index contributed by atoms with van der Waals surface area (Å²) >= 11 is 0. The lowest BCUT2D eigenvalue weighted by molar-refractivity contribution is -0.168. The second-order valence-electron chi connectivity index (χ2n) is 5.83. The predicted octanol–water partition coefficient (Wildman–Crippen LogP) is 2.24. The van der Waals surface area contributed by atoms with Gasteiger partial charge in [0.1, 0.15) is 6.61 Å². The van der Waals surface area contributed by atoms with Crippen LogP contribution in [-0.2, 0) is 33.3 Å². The highest BCUT2D eigenvalue weighted by Gasteiger charge is 2.46. The molecule has 0 radical (unpaired) electrons. The van der Waals surface area contributed by atoms with Crippen LogP contribution in [0.3, 0.4) is 0 Å². The summed E-state index contributed by atoms with van der Waals surface area (Å²) in [5, 5.41) is 0. The number of esters is 4. The number of hydrogen-bond donors (Lipinski definition) is 0. The maximum atomic E-state index is 12.3. The van der Waals surface area contributed by atoms with Crippen LogP contribution < -0.4 is 0 Å². The Hall–Kier alpha value is -3.42. The van der Waals surface area contributed by atoms with Gasteiger partial charge in [0.05, 0.1) is 26.9 Å². The maximum Gasteiger partial charge on any atom is 0.338 e. The largest absolute Gasteiger partial charge is 0.468 e.